The van der Waals surface area contributed by atoms with Crippen LogP contribution in [-0.2, 0) is 28.2 Å². The van der Waals surface area contributed by atoms with Gasteiger partial charge in [-0.2, -0.15) is 0 Å². The van der Waals surface area contributed by atoms with Crippen LogP contribution in [0, 0.1) is 0 Å². The molecular formula is C33H28N4O3. The molecule has 1 fully saturated rings. The van der Waals surface area contributed by atoms with Crippen LogP contribution in [-0.4, -0.2) is 44.7 Å². The molecule has 4 aromatic carbocycles. The molecule has 0 saturated carbocycles. The van der Waals surface area contributed by atoms with Crippen LogP contribution in [0.4, 0.5) is 4.79 Å². The van der Waals surface area contributed by atoms with Crippen molar-refractivity contribution in [2.75, 3.05) is 6.61 Å². The first kappa shape index (κ1) is 24.3. The van der Waals surface area contributed by atoms with Gasteiger partial charge in [0.05, 0.1) is 31.4 Å². The molecule has 0 N–H and O–H groups in total. The van der Waals surface area contributed by atoms with E-state index in [4.69, 9.17) is 9.47 Å². The van der Waals surface area contributed by atoms with Crippen molar-refractivity contribution in [3.63, 3.8) is 0 Å². The van der Waals surface area contributed by atoms with Crippen LogP contribution < -0.4 is 0 Å². The van der Waals surface area contributed by atoms with E-state index in [-0.39, 0.29) is 18.7 Å². The molecule has 7 heteroatoms. The number of carbonyl (C=O) groups is 1. The second-order valence-electron chi connectivity index (χ2n) is 10.1. The molecule has 1 aromatic heterocycles. The summed E-state index contributed by atoms with van der Waals surface area (Å²) in [5.74, 6) is 0. The standard InChI is InChI=1S/C33H28N4O3/c38-32-36-21-29-31(24-13-5-1-6-14-24)34-35-37(29)22-28(36)30(40-32)23-39-33(25-15-7-2-8-16-25,26-17-9-3-10-18-26)27-19-11-4-12-20-27/h1-20,28,30H,21-23H2/t28-,30-/m1/s1. The maximum Gasteiger partial charge on any atom is 0.411 e. The summed E-state index contributed by atoms with van der Waals surface area (Å²) in [4.78, 5) is 14.9. The highest BCUT2D eigenvalue weighted by Crippen LogP contribution is 2.41. The van der Waals surface area contributed by atoms with Gasteiger partial charge in [0.1, 0.15) is 17.4 Å². The minimum atomic E-state index is -0.892. The van der Waals surface area contributed by atoms with Gasteiger partial charge in [-0.25, -0.2) is 9.48 Å². The van der Waals surface area contributed by atoms with E-state index >= 15 is 0 Å². The molecular weight excluding hydrogens is 500 g/mol. The fraction of sp³-hybridized carbons (Fsp3) is 0.182. The van der Waals surface area contributed by atoms with Gasteiger partial charge in [0.2, 0.25) is 0 Å². The molecule has 0 spiro atoms. The second kappa shape index (κ2) is 10.1. The summed E-state index contributed by atoms with van der Waals surface area (Å²) in [6, 6.07) is 40.4. The van der Waals surface area contributed by atoms with E-state index in [1.54, 1.807) is 4.90 Å². The maximum atomic E-state index is 13.1. The third-order valence-electron chi connectivity index (χ3n) is 7.89. The van der Waals surface area contributed by atoms with E-state index in [9.17, 15) is 4.79 Å². The van der Waals surface area contributed by atoms with E-state index < -0.39 is 11.7 Å². The molecule has 0 aliphatic carbocycles. The lowest BCUT2D eigenvalue weighted by molar-refractivity contribution is -0.0400. The molecule has 0 radical (unpaired) electrons. The van der Waals surface area contributed by atoms with Gasteiger partial charge in [0.15, 0.2) is 0 Å². The molecule has 7 rings (SSSR count). The molecule has 1 amide bonds. The Bertz CT molecular complexity index is 1510. The van der Waals surface area contributed by atoms with Gasteiger partial charge in [-0.15, -0.1) is 5.10 Å². The Morgan fingerprint density at radius 3 is 1.85 bits per heavy atom. The quantitative estimate of drug-likeness (QED) is 0.255. The summed E-state index contributed by atoms with van der Waals surface area (Å²) in [6.45, 7) is 1.09. The molecule has 2 aliphatic rings. The number of cyclic esters (lactones) is 1. The predicted octanol–water partition coefficient (Wildman–Crippen LogP) is 5.66. The van der Waals surface area contributed by atoms with E-state index in [2.05, 4.69) is 46.7 Å². The van der Waals surface area contributed by atoms with Crippen molar-refractivity contribution in [2.45, 2.75) is 30.8 Å². The first-order valence-corrected chi connectivity index (χ1v) is 13.5. The van der Waals surface area contributed by atoms with Crippen molar-refractivity contribution in [3.8, 4) is 11.3 Å². The molecule has 198 valence electrons. The molecule has 40 heavy (non-hydrogen) atoms. The van der Waals surface area contributed by atoms with Gasteiger partial charge in [-0.05, 0) is 16.7 Å². The Hall–Kier alpha value is -4.75. The van der Waals surface area contributed by atoms with Gasteiger partial charge in [-0.3, -0.25) is 4.90 Å². The summed E-state index contributed by atoms with van der Waals surface area (Å²) >= 11 is 0. The third kappa shape index (κ3) is 4.06. The van der Waals surface area contributed by atoms with Gasteiger partial charge in [0, 0.05) is 5.56 Å². The zero-order chi connectivity index (χ0) is 26.9. The van der Waals surface area contributed by atoms with Crippen LogP contribution in [0.25, 0.3) is 11.3 Å². The molecule has 0 bridgehead atoms. The number of amides is 1. The van der Waals surface area contributed by atoms with Crippen molar-refractivity contribution in [2.24, 2.45) is 0 Å². The number of hydrogen-bond donors (Lipinski definition) is 0. The number of carbonyl (C=O) groups excluding carboxylic acids is 1. The average Bonchev–Trinajstić information content (AvgIpc) is 3.58. The van der Waals surface area contributed by atoms with Gasteiger partial charge < -0.3 is 9.47 Å². The number of ether oxygens (including phenoxy) is 2. The highest BCUT2D eigenvalue weighted by Gasteiger charge is 2.48. The van der Waals surface area contributed by atoms with Crippen molar-refractivity contribution in [1.82, 2.24) is 19.9 Å². The van der Waals surface area contributed by atoms with Gasteiger partial charge in [-0.1, -0.05) is 127 Å². The summed E-state index contributed by atoms with van der Waals surface area (Å²) in [5.41, 5.74) is 4.80. The molecule has 3 heterocycles. The van der Waals surface area contributed by atoms with Crippen molar-refractivity contribution < 1.29 is 14.3 Å². The topological polar surface area (TPSA) is 69.5 Å². The number of benzene rings is 4. The zero-order valence-corrected chi connectivity index (χ0v) is 21.8. The van der Waals surface area contributed by atoms with Crippen LogP contribution in [0.5, 0.6) is 0 Å². The fourth-order valence-electron chi connectivity index (χ4n) is 5.93. The van der Waals surface area contributed by atoms with Crippen LogP contribution >= 0.6 is 0 Å². The Balaban J connectivity index is 1.23. The lowest BCUT2D eigenvalue weighted by atomic mass is 9.80. The number of hydrogen-bond acceptors (Lipinski definition) is 5. The largest absolute Gasteiger partial charge is 0.441 e. The zero-order valence-electron chi connectivity index (χ0n) is 21.8. The van der Waals surface area contributed by atoms with Crippen LogP contribution in [0.3, 0.4) is 0 Å². The maximum absolute atomic E-state index is 13.1. The first-order chi connectivity index (χ1) is 19.7. The minimum absolute atomic E-state index is 0.209. The minimum Gasteiger partial charge on any atom is -0.441 e. The van der Waals surface area contributed by atoms with E-state index in [0.717, 1.165) is 33.6 Å². The van der Waals surface area contributed by atoms with E-state index in [1.807, 2.05) is 89.6 Å². The van der Waals surface area contributed by atoms with E-state index in [0.29, 0.717) is 13.1 Å². The number of fused-ring (bicyclic) bond motifs is 2. The Morgan fingerprint density at radius 1 is 0.775 bits per heavy atom. The highest BCUT2D eigenvalue weighted by atomic mass is 16.6. The van der Waals surface area contributed by atoms with Crippen molar-refractivity contribution >= 4 is 6.09 Å². The Morgan fingerprint density at radius 2 is 1.30 bits per heavy atom. The molecule has 0 unspecified atom stereocenters. The van der Waals surface area contributed by atoms with Crippen molar-refractivity contribution in [3.05, 3.63) is 144 Å². The summed E-state index contributed by atoms with van der Waals surface area (Å²) in [6.07, 6.45) is -0.810. The van der Waals surface area contributed by atoms with Crippen molar-refractivity contribution in [1.29, 1.82) is 0 Å². The number of aromatic nitrogens is 3. The molecule has 5 aromatic rings. The summed E-state index contributed by atoms with van der Waals surface area (Å²) < 4.78 is 14.8. The van der Waals surface area contributed by atoms with Crippen LogP contribution in [0.2, 0.25) is 0 Å². The predicted molar refractivity (Wildman–Crippen MR) is 150 cm³/mol. The summed E-state index contributed by atoms with van der Waals surface area (Å²) in [7, 11) is 0. The summed E-state index contributed by atoms with van der Waals surface area (Å²) in [5, 5.41) is 8.89. The third-order valence-corrected chi connectivity index (χ3v) is 7.89. The van der Waals surface area contributed by atoms with Crippen LogP contribution in [0.15, 0.2) is 121 Å². The SMILES string of the molecule is O=C1O[C@H](COC(c2ccccc2)(c2ccccc2)c2ccccc2)[C@H]2Cn3nnc(-c4ccccc4)c3CN12. The normalized spacial score (nSPS) is 18.2. The monoisotopic (exact) mass is 528 g/mol. The van der Waals surface area contributed by atoms with Gasteiger partial charge >= 0.3 is 6.09 Å². The second-order valence-corrected chi connectivity index (χ2v) is 10.1. The first-order valence-electron chi connectivity index (χ1n) is 13.5. The smallest absolute Gasteiger partial charge is 0.411 e. The highest BCUT2D eigenvalue weighted by molar-refractivity contribution is 5.72. The number of nitrogens with zero attached hydrogens (tertiary/aromatic N) is 4. The molecule has 1 saturated heterocycles. The molecule has 2 atom stereocenters. The Kier molecular flexibility index (Phi) is 6.13. The van der Waals surface area contributed by atoms with Crippen LogP contribution in [0.1, 0.15) is 22.4 Å². The Labute approximate surface area is 232 Å². The fourth-order valence-corrected chi connectivity index (χ4v) is 5.93. The van der Waals surface area contributed by atoms with Gasteiger partial charge in [0.25, 0.3) is 0 Å². The molecule has 7 nitrogen and oxygen atoms in total. The lowest BCUT2D eigenvalue weighted by Crippen LogP contribution is -2.46. The number of rotatable bonds is 7. The molecule has 2 aliphatic heterocycles. The lowest BCUT2D eigenvalue weighted by Gasteiger charge is -2.37. The van der Waals surface area contributed by atoms with E-state index in [1.165, 1.54) is 0 Å². The average molecular weight is 529 g/mol.